The van der Waals surface area contributed by atoms with Gasteiger partial charge in [0.05, 0.1) is 11.4 Å². The van der Waals surface area contributed by atoms with Crippen LogP contribution in [0.1, 0.15) is 16.1 Å². The number of aromatic nitrogens is 2. The van der Waals surface area contributed by atoms with Crippen LogP contribution in [0.4, 0.5) is 11.5 Å². The minimum atomic E-state index is -0.301. The summed E-state index contributed by atoms with van der Waals surface area (Å²) in [6, 6.07) is 5.97. The molecule has 2 aromatic rings. The smallest absolute Gasteiger partial charge is 0.256 e. The second-order valence-corrected chi connectivity index (χ2v) is 3.97. The number of hydrogen-bond donors (Lipinski definition) is 3. The molecule has 0 saturated carbocycles. The second kappa shape index (κ2) is 4.40. The van der Waals surface area contributed by atoms with Crippen LogP contribution in [0.25, 0.3) is 0 Å². The Kier molecular flexibility index (Phi) is 2.93. The van der Waals surface area contributed by atoms with E-state index in [0.29, 0.717) is 22.8 Å². The molecular weight excluding hydrogens is 232 g/mol. The molecule has 1 aromatic heterocycles. The summed E-state index contributed by atoms with van der Waals surface area (Å²) in [5.74, 6) is 0.276. The van der Waals surface area contributed by atoms with E-state index in [1.807, 2.05) is 0 Å². The van der Waals surface area contributed by atoms with Crippen LogP contribution in [0.3, 0.4) is 0 Å². The fraction of sp³-hybridized carbons (Fsp3) is 0.167. The van der Waals surface area contributed by atoms with Crippen molar-refractivity contribution in [3.63, 3.8) is 0 Å². The van der Waals surface area contributed by atoms with E-state index >= 15 is 0 Å². The molecule has 6 heteroatoms. The Morgan fingerprint density at radius 1 is 1.39 bits per heavy atom. The zero-order valence-electron chi connectivity index (χ0n) is 10.1. The Bertz CT molecular complexity index is 587. The van der Waals surface area contributed by atoms with Gasteiger partial charge in [0.1, 0.15) is 5.75 Å². The van der Waals surface area contributed by atoms with Crippen molar-refractivity contribution in [1.29, 1.82) is 0 Å². The zero-order chi connectivity index (χ0) is 13.3. The number of aryl methyl sites for hydroxylation is 2. The maximum Gasteiger partial charge on any atom is 0.256 e. The Morgan fingerprint density at radius 2 is 2.00 bits per heavy atom. The van der Waals surface area contributed by atoms with Crippen LogP contribution in [0.15, 0.2) is 24.3 Å². The van der Waals surface area contributed by atoms with Crippen LogP contribution in [-0.4, -0.2) is 20.8 Å². The van der Waals surface area contributed by atoms with Gasteiger partial charge in [0, 0.05) is 12.6 Å². The molecule has 18 heavy (non-hydrogen) atoms. The Balaban J connectivity index is 2.24. The first-order valence-corrected chi connectivity index (χ1v) is 5.38. The molecule has 0 saturated heterocycles. The van der Waals surface area contributed by atoms with Crippen LogP contribution < -0.4 is 11.1 Å². The summed E-state index contributed by atoms with van der Waals surface area (Å²) in [6.07, 6.45) is 0. The Labute approximate surface area is 104 Å². The number of carbonyl (C=O) groups is 1. The number of hydrogen-bond acceptors (Lipinski definition) is 4. The third kappa shape index (κ3) is 2.13. The van der Waals surface area contributed by atoms with Gasteiger partial charge in [-0.1, -0.05) is 0 Å². The fourth-order valence-electron chi connectivity index (χ4n) is 1.62. The number of amides is 1. The average Bonchev–Trinajstić information content (AvgIpc) is 2.57. The average molecular weight is 246 g/mol. The summed E-state index contributed by atoms with van der Waals surface area (Å²) in [5.41, 5.74) is 7.37. The molecule has 0 aliphatic heterocycles. The fourth-order valence-corrected chi connectivity index (χ4v) is 1.62. The SMILES string of the molecule is Cc1nn(C)c(NC(=O)c2ccc(O)cc2)c1N. The highest BCUT2D eigenvalue weighted by Crippen LogP contribution is 2.21. The van der Waals surface area contributed by atoms with E-state index < -0.39 is 0 Å². The number of carbonyl (C=O) groups excluding carboxylic acids is 1. The van der Waals surface area contributed by atoms with Gasteiger partial charge in [0.15, 0.2) is 5.82 Å². The minimum Gasteiger partial charge on any atom is -0.508 e. The lowest BCUT2D eigenvalue weighted by atomic mass is 10.2. The van der Waals surface area contributed by atoms with Gasteiger partial charge >= 0.3 is 0 Å². The van der Waals surface area contributed by atoms with Crippen LogP contribution >= 0.6 is 0 Å². The normalized spacial score (nSPS) is 10.3. The van der Waals surface area contributed by atoms with Crippen molar-refractivity contribution < 1.29 is 9.90 Å². The lowest BCUT2D eigenvalue weighted by Gasteiger charge is -2.06. The molecule has 0 aliphatic rings. The molecule has 0 fully saturated rings. The molecule has 0 radical (unpaired) electrons. The number of rotatable bonds is 2. The van der Waals surface area contributed by atoms with E-state index in [9.17, 15) is 4.79 Å². The third-order valence-electron chi connectivity index (χ3n) is 2.63. The largest absolute Gasteiger partial charge is 0.508 e. The number of nitrogen functional groups attached to an aromatic ring is 1. The van der Waals surface area contributed by atoms with Gasteiger partial charge in [0.25, 0.3) is 5.91 Å². The van der Waals surface area contributed by atoms with Gasteiger partial charge in [-0.05, 0) is 31.2 Å². The highest BCUT2D eigenvalue weighted by molar-refractivity contribution is 6.05. The number of nitrogens with two attached hydrogens (primary N) is 1. The van der Waals surface area contributed by atoms with Crippen LogP contribution in [0.2, 0.25) is 0 Å². The van der Waals surface area contributed by atoms with Gasteiger partial charge in [-0.3, -0.25) is 9.48 Å². The van der Waals surface area contributed by atoms with Crippen molar-refractivity contribution in [2.75, 3.05) is 11.1 Å². The molecule has 4 N–H and O–H groups in total. The first-order valence-electron chi connectivity index (χ1n) is 5.38. The molecular formula is C12H14N4O2. The summed E-state index contributed by atoms with van der Waals surface area (Å²) in [5, 5.41) is 16.0. The van der Waals surface area contributed by atoms with Crippen molar-refractivity contribution in [2.24, 2.45) is 7.05 Å². The quantitative estimate of drug-likeness (QED) is 0.743. The van der Waals surface area contributed by atoms with E-state index in [2.05, 4.69) is 10.4 Å². The monoisotopic (exact) mass is 246 g/mol. The molecule has 0 aliphatic carbocycles. The van der Waals surface area contributed by atoms with Crippen molar-refractivity contribution in [3.8, 4) is 5.75 Å². The van der Waals surface area contributed by atoms with E-state index in [0.717, 1.165) is 0 Å². The number of nitrogens with zero attached hydrogens (tertiary/aromatic N) is 2. The number of phenolic OH excluding ortho intramolecular Hbond substituents is 1. The summed E-state index contributed by atoms with van der Waals surface area (Å²) in [6.45, 7) is 1.77. The van der Waals surface area contributed by atoms with E-state index in [4.69, 9.17) is 10.8 Å². The first-order chi connectivity index (χ1) is 8.49. The third-order valence-corrected chi connectivity index (χ3v) is 2.63. The molecule has 2 rings (SSSR count). The topological polar surface area (TPSA) is 93.2 Å². The molecule has 0 bridgehead atoms. The number of nitrogens with one attached hydrogen (secondary N) is 1. The lowest BCUT2D eigenvalue weighted by Crippen LogP contribution is -2.15. The zero-order valence-corrected chi connectivity index (χ0v) is 10.1. The van der Waals surface area contributed by atoms with Crippen molar-refractivity contribution >= 4 is 17.4 Å². The van der Waals surface area contributed by atoms with Gasteiger partial charge < -0.3 is 16.2 Å². The van der Waals surface area contributed by atoms with E-state index in [1.165, 1.54) is 28.9 Å². The van der Waals surface area contributed by atoms with E-state index in [1.54, 1.807) is 14.0 Å². The maximum atomic E-state index is 11.9. The van der Waals surface area contributed by atoms with Crippen molar-refractivity contribution in [2.45, 2.75) is 6.92 Å². The van der Waals surface area contributed by atoms with Crippen molar-refractivity contribution in [1.82, 2.24) is 9.78 Å². The van der Waals surface area contributed by atoms with Crippen molar-refractivity contribution in [3.05, 3.63) is 35.5 Å². The van der Waals surface area contributed by atoms with Gasteiger partial charge in [0.2, 0.25) is 0 Å². The summed E-state index contributed by atoms with van der Waals surface area (Å²) in [4.78, 5) is 11.9. The maximum absolute atomic E-state index is 11.9. The predicted molar refractivity (Wildman–Crippen MR) is 68.4 cm³/mol. The second-order valence-electron chi connectivity index (χ2n) is 3.97. The van der Waals surface area contributed by atoms with Gasteiger partial charge in [-0.15, -0.1) is 0 Å². The van der Waals surface area contributed by atoms with Crippen LogP contribution in [0.5, 0.6) is 5.75 Å². The predicted octanol–water partition coefficient (Wildman–Crippen LogP) is 1.27. The number of anilines is 2. The summed E-state index contributed by atoms with van der Waals surface area (Å²) >= 11 is 0. The van der Waals surface area contributed by atoms with E-state index in [-0.39, 0.29) is 11.7 Å². The summed E-state index contributed by atoms with van der Waals surface area (Å²) in [7, 11) is 1.70. The molecule has 1 aromatic carbocycles. The summed E-state index contributed by atoms with van der Waals surface area (Å²) < 4.78 is 1.52. The molecule has 6 nitrogen and oxygen atoms in total. The van der Waals surface area contributed by atoms with Crippen LogP contribution in [-0.2, 0) is 7.05 Å². The minimum absolute atomic E-state index is 0.113. The molecule has 0 atom stereocenters. The number of benzene rings is 1. The molecule has 0 unspecified atom stereocenters. The van der Waals surface area contributed by atoms with Gasteiger partial charge in [-0.2, -0.15) is 5.10 Å². The van der Waals surface area contributed by atoms with Crippen LogP contribution in [0, 0.1) is 6.92 Å². The molecule has 0 spiro atoms. The number of aromatic hydroxyl groups is 1. The highest BCUT2D eigenvalue weighted by Gasteiger charge is 2.14. The Hall–Kier alpha value is -2.50. The standard InChI is InChI=1S/C12H14N4O2/c1-7-10(13)11(16(2)15-7)14-12(18)8-3-5-9(17)6-4-8/h3-6,17H,13H2,1-2H3,(H,14,18). The molecule has 94 valence electrons. The van der Waals surface area contributed by atoms with Gasteiger partial charge in [-0.25, -0.2) is 0 Å². The molecule has 1 heterocycles. The highest BCUT2D eigenvalue weighted by atomic mass is 16.3. The molecule has 1 amide bonds. The lowest BCUT2D eigenvalue weighted by molar-refractivity contribution is 0.102. The Morgan fingerprint density at radius 3 is 2.50 bits per heavy atom. The first kappa shape index (κ1) is 12.0. The number of phenols is 1.